The fraction of sp³-hybridized carbons (Fsp3) is 0.179. The molecule has 0 atom stereocenters. The molecule has 2 aromatic carbocycles. The van der Waals surface area contributed by atoms with Gasteiger partial charge in [-0.25, -0.2) is 14.4 Å². The number of halogens is 4. The van der Waals surface area contributed by atoms with Gasteiger partial charge in [0.2, 0.25) is 5.91 Å². The minimum absolute atomic E-state index is 0.110. The maximum absolute atomic E-state index is 15.0. The van der Waals surface area contributed by atoms with E-state index in [-0.39, 0.29) is 30.0 Å². The van der Waals surface area contributed by atoms with Crippen molar-refractivity contribution in [1.29, 1.82) is 0 Å². The highest BCUT2D eigenvalue weighted by molar-refractivity contribution is 6.07. The molecule has 0 saturated carbocycles. The van der Waals surface area contributed by atoms with Crippen molar-refractivity contribution in [2.24, 2.45) is 0 Å². The van der Waals surface area contributed by atoms with Gasteiger partial charge in [-0.1, -0.05) is 30.3 Å². The normalized spacial score (nSPS) is 13.1. The standard InChI is InChI=1S/C28H21F4N5O2/c1-16(38)37-11-8-23-18(15-37)12-24(25(35-23)17-6-3-2-4-7-17)36-27(39)20-13-19(26-33-9-5-10-34-26)21(14-22(20)29)28(30,31)32/h2-7,9-10,12-14H,8,11,15H2,1H3,(H,36,39). The van der Waals surface area contributed by atoms with Crippen molar-refractivity contribution in [2.45, 2.75) is 26.1 Å². The molecule has 1 aliphatic rings. The summed E-state index contributed by atoms with van der Waals surface area (Å²) < 4.78 is 56.2. The van der Waals surface area contributed by atoms with Gasteiger partial charge in [0.1, 0.15) is 5.82 Å². The molecule has 1 N–H and O–H groups in total. The Kier molecular flexibility index (Phi) is 6.81. The third kappa shape index (κ3) is 5.33. The van der Waals surface area contributed by atoms with E-state index in [0.29, 0.717) is 29.8 Å². The van der Waals surface area contributed by atoms with Crippen LogP contribution in [-0.2, 0) is 23.9 Å². The molecule has 4 aromatic rings. The number of alkyl halides is 3. The van der Waals surface area contributed by atoms with Crippen LogP contribution in [0.3, 0.4) is 0 Å². The number of nitrogens with zero attached hydrogens (tertiary/aromatic N) is 4. The molecule has 1 aliphatic heterocycles. The van der Waals surface area contributed by atoms with Crippen molar-refractivity contribution >= 4 is 17.5 Å². The zero-order chi connectivity index (χ0) is 27.7. The molecular weight excluding hydrogens is 514 g/mol. The van der Waals surface area contributed by atoms with E-state index in [2.05, 4.69) is 15.3 Å². The largest absolute Gasteiger partial charge is 0.417 e. The van der Waals surface area contributed by atoms with Crippen LogP contribution in [0.4, 0.5) is 23.2 Å². The first-order chi connectivity index (χ1) is 18.6. The summed E-state index contributed by atoms with van der Waals surface area (Å²) in [4.78, 5) is 39.4. The average Bonchev–Trinajstić information content (AvgIpc) is 2.92. The van der Waals surface area contributed by atoms with Gasteiger partial charge in [-0.05, 0) is 29.8 Å². The first-order valence-electron chi connectivity index (χ1n) is 11.9. The molecule has 0 aliphatic carbocycles. The number of rotatable bonds is 4. The molecule has 5 rings (SSSR count). The lowest BCUT2D eigenvalue weighted by Gasteiger charge is -2.28. The van der Waals surface area contributed by atoms with Gasteiger partial charge in [-0.2, -0.15) is 13.2 Å². The maximum atomic E-state index is 15.0. The molecule has 0 saturated heterocycles. The van der Waals surface area contributed by atoms with Crippen LogP contribution in [-0.4, -0.2) is 38.2 Å². The van der Waals surface area contributed by atoms with Crippen LogP contribution in [0.5, 0.6) is 0 Å². The summed E-state index contributed by atoms with van der Waals surface area (Å²) in [5, 5.41) is 2.63. The van der Waals surface area contributed by atoms with E-state index in [4.69, 9.17) is 4.98 Å². The highest BCUT2D eigenvalue weighted by Gasteiger charge is 2.36. The van der Waals surface area contributed by atoms with Crippen molar-refractivity contribution in [3.05, 3.63) is 95.2 Å². The zero-order valence-corrected chi connectivity index (χ0v) is 20.6. The van der Waals surface area contributed by atoms with E-state index in [1.54, 1.807) is 35.2 Å². The van der Waals surface area contributed by atoms with Gasteiger partial charge in [0, 0.05) is 55.6 Å². The SMILES string of the molecule is CC(=O)N1CCc2nc(-c3ccccc3)c(NC(=O)c3cc(-c4ncccn4)c(C(F)(F)F)cc3F)cc2C1. The topological polar surface area (TPSA) is 88.1 Å². The summed E-state index contributed by atoms with van der Waals surface area (Å²) in [6, 6.07) is 13.1. The van der Waals surface area contributed by atoms with E-state index < -0.39 is 34.6 Å². The van der Waals surface area contributed by atoms with Crippen LogP contribution in [0, 0.1) is 5.82 Å². The Balaban J connectivity index is 1.59. The number of carbonyl (C=O) groups excluding carboxylic acids is 2. The molecule has 198 valence electrons. The van der Waals surface area contributed by atoms with E-state index in [1.807, 2.05) is 6.07 Å². The molecule has 0 fully saturated rings. The zero-order valence-electron chi connectivity index (χ0n) is 20.6. The second-order valence-corrected chi connectivity index (χ2v) is 8.95. The van der Waals surface area contributed by atoms with Crippen LogP contribution in [0.2, 0.25) is 0 Å². The number of hydrogen-bond acceptors (Lipinski definition) is 5. The summed E-state index contributed by atoms with van der Waals surface area (Å²) in [7, 11) is 0. The molecule has 7 nitrogen and oxygen atoms in total. The quantitative estimate of drug-likeness (QED) is 0.348. The number of nitrogens with one attached hydrogen (secondary N) is 1. The number of amides is 2. The Labute approximate surface area is 220 Å². The van der Waals surface area contributed by atoms with E-state index in [9.17, 15) is 22.8 Å². The Morgan fingerprint density at radius 3 is 2.38 bits per heavy atom. The van der Waals surface area contributed by atoms with Crippen molar-refractivity contribution in [2.75, 3.05) is 11.9 Å². The monoisotopic (exact) mass is 535 g/mol. The maximum Gasteiger partial charge on any atom is 0.417 e. The molecule has 0 unspecified atom stereocenters. The van der Waals surface area contributed by atoms with Crippen LogP contribution in [0.1, 0.15) is 34.1 Å². The van der Waals surface area contributed by atoms with Gasteiger partial charge in [-0.3, -0.25) is 14.6 Å². The highest BCUT2D eigenvalue weighted by atomic mass is 19.4. The summed E-state index contributed by atoms with van der Waals surface area (Å²) in [5.41, 5.74) is 0.339. The minimum atomic E-state index is -4.91. The average molecular weight is 536 g/mol. The van der Waals surface area contributed by atoms with Crippen molar-refractivity contribution in [3.63, 3.8) is 0 Å². The third-order valence-corrected chi connectivity index (χ3v) is 6.38. The molecule has 2 aromatic heterocycles. The molecule has 0 spiro atoms. The number of benzene rings is 2. The second kappa shape index (κ2) is 10.2. The van der Waals surface area contributed by atoms with Crippen molar-refractivity contribution < 1.29 is 27.2 Å². The first-order valence-corrected chi connectivity index (χ1v) is 11.9. The van der Waals surface area contributed by atoms with E-state index in [0.717, 1.165) is 11.8 Å². The van der Waals surface area contributed by atoms with Crippen LogP contribution in [0.15, 0.2) is 67.0 Å². The Hall–Kier alpha value is -4.67. The van der Waals surface area contributed by atoms with Gasteiger partial charge in [0.15, 0.2) is 5.82 Å². The Morgan fingerprint density at radius 2 is 1.72 bits per heavy atom. The number of aromatic nitrogens is 3. The molecule has 0 radical (unpaired) electrons. The Morgan fingerprint density at radius 1 is 1.00 bits per heavy atom. The van der Waals surface area contributed by atoms with Crippen LogP contribution < -0.4 is 5.32 Å². The lowest BCUT2D eigenvalue weighted by Crippen LogP contribution is -2.34. The third-order valence-electron chi connectivity index (χ3n) is 6.38. The van der Waals surface area contributed by atoms with Gasteiger partial charge >= 0.3 is 6.18 Å². The first kappa shape index (κ1) is 26.0. The predicted octanol–water partition coefficient (Wildman–Crippen LogP) is 5.52. The van der Waals surface area contributed by atoms with Crippen molar-refractivity contribution in [3.8, 4) is 22.6 Å². The highest BCUT2D eigenvalue weighted by Crippen LogP contribution is 2.38. The molecule has 2 amide bonds. The number of pyridine rings is 1. The summed E-state index contributed by atoms with van der Waals surface area (Å²) >= 11 is 0. The van der Waals surface area contributed by atoms with E-state index in [1.165, 1.54) is 25.4 Å². The summed E-state index contributed by atoms with van der Waals surface area (Å²) in [5.74, 6) is -2.74. The van der Waals surface area contributed by atoms with Crippen LogP contribution in [0.25, 0.3) is 22.6 Å². The number of fused-ring (bicyclic) bond motifs is 1. The van der Waals surface area contributed by atoms with Crippen LogP contribution >= 0.6 is 0 Å². The fourth-order valence-corrected chi connectivity index (χ4v) is 4.45. The number of carbonyl (C=O) groups is 2. The van der Waals surface area contributed by atoms with E-state index >= 15 is 4.39 Å². The molecular formula is C28H21F4N5O2. The lowest BCUT2D eigenvalue weighted by atomic mass is 10.00. The fourth-order valence-electron chi connectivity index (χ4n) is 4.45. The molecule has 0 bridgehead atoms. The smallest absolute Gasteiger partial charge is 0.338 e. The molecule has 3 heterocycles. The molecule has 11 heteroatoms. The van der Waals surface area contributed by atoms with Gasteiger partial charge in [0.05, 0.1) is 22.5 Å². The molecule has 39 heavy (non-hydrogen) atoms. The van der Waals surface area contributed by atoms with Crippen molar-refractivity contribution in [1.82, 2.24) is 19.9 Å². The summed E-state index contributed by atoms with van der Waals surface area (Å²) in [6.45, 7) is 2.23. The second-order valence-electron chi connectivity index (χ2n) is 8.95. The number of hydrogen-bond donors (Lipinski definition) is 1. The summed E-state index contributed by atoms with van der Waals surface area (Å²) in [6.07, 6.45) is -1.89. The van der Waals surface area contributed by atoms with Gasteiger partial charge in [0.25, 0.3) is 5.91 Å². The van der Waals surface area contributed by atoms with Gasteiger partial charge in [-0.15, -0.1) is 0 Å². The predicted molar refractivity (Wildman–Crippen MR) is 135 cm³/mol. The Bertz CT molecular complexity index is 1560. The van der Waals surface area contributed by atoms with Gasteiger partial charge < -0.3 is 10.2 Å². The lowest BCUT2D eigenvalue weighted by molar-refractivity contribution is -0.137. The minimum Gasteiger partial charge on any atom is -0.338 e. The number of anilines is 1.